The lowest BCUT2D eigenvalue weighted by molar-refractivity contribution is 0.440. The summed E-state index contributed by atoms with van der Waals surface area (Å²) >= 11 is 0. The van der Waals surface area contributed by atoms with Crippen molar-refractivity contribution in [3.63, 3.8) is 0 Å². The Labute approximate surface area is 114 Å². The Bertz CT molecular complexity index is 685. The summed E-state index contributed by atoms with van der Waals surface area (Å²) in [6.45, 7) is 0. The van der Waals surface area contributed by atoms with Crippen LogP contribution >= 0.6 is 0 Å². The lowest BCUT2D eigenvalue weighted by Crippen LogP contribution is -1.92. The Hall–Kier alpha value is -2.82. The number of aromatic nitrogens is 3. The molecule has 2 heterocycles. The zero-order valence-corrected chi connectivity index (χ0v) is 10.4. The maximum absolute atomic E-state index is 12.8. The van der Waals surface area contributed by atoms with E-state index in [1.807, 2.05) is 12.1 Å². The molecular weight excluding hydrogens is 257 g/mol. The number of rotatable bonds is 3. The van der Waals surface area contributed by atoms with Crippen molar-refractivity contribution in [2.45, 2.75) is 0 Å². The van der Waals surface area contributed by atoms with Gasteiger partial charge in [-0.3, -0.25) is 4.98 Å². The SMILES string of the molecule is Fc1ccc(Oc2ncc(-c3cccnc3)cn2)cc1. The lowest BCUT2D eigenvalue weighted by Gasteiger charge is -2.04. The molecule has 3 aromatic rings. The molecule has 3 rings (SSSR count). The number of hydrogen-bond donors (Lipinski definition) is 0. The lowest BCUT2D eigenvalue weighted by atomic mass is 10.2. The van der Waals surface area contributed by atoms with Gasteiger partial charge >= 0.3 is 6.01 Å². The van der Waals surface area contributed by atoms with Crippen LogP contribution < -0.4 is 4.74 Å². The van der Waals surface area contributed by atoms with Crippen LogP contribution in [-0.4, -0.2) is 15.0 Å². The van der Waals surface area contributed by atoms with Gasteiger partial charge in [0.05, 0.1) is 0 Å². The van der Waals surface area contributed by atoms with Crippen molar-refractivity contribution >= 4 is 0 Å². The summed E-state index contributed by atoms with van der Waals surface area (Å²) in [7, 11) is 0. The van der Waals surface area contributed by atoms with Crippen molar-refractivity contribution < 1.29 is 9.13 Å². The molecule has 5 heteroatoms. The van der Waals surface area contributed by atoms with Gasteiger partial charge in [0.2, 0.25) is 0 Å². The topological polar surface area (TPSA) is 47.9 Å². The normalized spacial score (nSPS) is 10.2. The standard InChI is InChI=1S/C15H10FN3O/c16-13-3-5-14(6-4-13)20-15-18-9-12(10-19-15)11-2-1-7-17-8-11/h1-10H. The maximum Gasteiger partial charge on any atom is 0.321 e. The predicted octanol–water partition coefficient (Wildman–Crippen LogP) is 3.47. The van der Waals surface area contributed by atoms with Gasteiger partial charge in [-0.2, -0.15) is 0 Å². The average molecular weight is 267 g/mol. The highest BCUT2D eigenvalue weighted by atomic mass is 19.1. The highest BCUT2D eigenvalue weighted by Gasteiger charge is 2.03. The van der Waals surface area contributed by atoms with E-state index >= 15 is 0 Å². The second-order valence-electron chi connectivity index (χ2n) is 4.05. The highest BCUT2D eigenvalue weighted by molar-refractivity contribution is 5.59. The second-order valence-corrected chi connectivity index (χ2v) is 4.05. The second kappa shape index (κ2) is 5.44. The van der Waals surface area contributed by atoms with E-state index in [1.165, 1.54) is 24.3 Å². The molecule has 1 aromatic carbocycles. The van der Waals surface area contributed by atoms with Crippen molar-refractivity contribution in [2.75, 3.05) is 0 Å². The van der Waals surface area contributed by atoms with Gasteiger partial charge in [-0.15, -0.1) is 0 Å². The first kappa shape index (κ1) is 12.2. The van der Waals surface area contributed by atoms with Gasteiger partial charge in [-0.25, -0.2) is 14.4 Å². The minimum Gasteiger partial charge on any atom is -0.424 e. The quantitative estimate of drug-likeness (QED) is 0.729. The molecule has 0 unspecified atom stereocenters. The van der Waals surface area contributed by atoms with Crippen LogP contribution in [0.2, 0.25) is 0 Å². The Balaban J connectivity index is 1.78. The number of ether oxygens (including phenoxy) is 1. The molecule has 0 bridgehead atoms. The van der Waals surface area contributed by atoms with Crippen LogP contribution in [-0.2, 0) is 0 Å². The zero-order chi connectivity index (χ0) is 13.8. The minimum atomic E-state index is -0.315. The van der Waals surface area contributed by atoms with Gasteiger partial charge in [0.1, 0.15) is 11.6 Å². The first-order chi connectivity index (χ1) is 9.81. The van der Waals surface area contributed by atoms with E-state index in [-0.39, 0.29) is 11.8 Å². The van der Waals surface area contributed by atoms with Crippen molar-refractivity contribution in [2.24, 2.45) is 0 Å². The van der Waals surface area contributed by atoms with E-state index in [1.54, 1.807) is 24.8 Å². The third-order valence-corrected chi connectivity index (χ3v) is 2.65. The van der Waals surface area contributed by atoms with E-state index in [9.17, 15) is 4.39 Å². The average Bonchev–Trinajstić information content (AvgIpc) is 2.51. The summed E-state index contributed by atoms with van der Waals surface area (Å²) < 4.78 is 18.2. The Morgan fingerprint density at radius 3 is 2.25 bits per heavy atom. The summed E-state index contributed by atoms with van der Waals surface area (Å²) in [5.41, 5.74) is 1.78. The van der Waals surface area contributed by atoms with Crippen LogP contribution in [0.4, 0.5) is 4.39 Å². The molecule has 0 fully saturated rings. The number of hydrogen-bond acceptors (Lipinski definition) is 4. The largest absolute Gasteiger partial charge is 0.424 e. The summed E-state index contributed by atoms with van der Waals surface area (Å²) in [5, 5.41) is 0. The molecule has 0 N–H and O–H groups in total. The molecule has 0 aliphatic rings. The molecule has 0 aliphatic carbocycles. The molecule has 2 aromatic heterocycles. The fourth-order valence-electron chi connectivity index (χ4n) is 1.66. The number of halogens is 1. The maximum atomic E-state index is 12.8. The monoisotopic (exact) mass is 267 g/mol. The van der Waals surface area contributed by atoms with Gasteiger partial charge in [0.25, 0.3) is 0 Å². The summed E-state index contributed by atoms with van der Waals surface area (Å²) in [4.78, 5) is 12.3. The number of nitrogens with zero attached hydrogens (tertiary/aromatic N) is 3. The van der Waals surface area contributed by atoms with Crippen LogP contribution in [0, 0.1) is 5.82 Å². The molecule has 98 valence electrons. The summed E-state index contributed by atoms with van der Waals surface area (Å²) in [6.07, 6.45) is 6.75. The van der Waals surface area contributed by atoms with Crippen LogP contribution in [0.1, 0.15) is 0 Å². The smallest absolute Gasteiger partial charge is 0.321 e. The Kier molecular flexibility index (Phi) is 3.33. The van der Waals surface area contributed by atoms with Crippen molar-refractivity contribution in [1.29, 1.82) is 0 Å². The minimum absolute atomic E-state index is 0.212. The van der Waals surface area contributed by atoms with Crippen LogP contribution in [0.25, 0.3) is 11.1 Å². The summed E-state index contributed by atoms with van der Waals surface area (Å²) in [6, 6.07) is 9.66. The van der Waals surface area contributed by atoms with E-state index < -0.39 is 0 Å². The molecular formula is C15H10FN3O. The van der Waals surface area contributed by atoms with Crippen LogP contribution in [0.5, 0.6) is 11.8 Å². The highest BCUT2D eigenvalue weighted by Crippen LogP contribution is 2.20. The molecule has 0 saturated carbocycles. The van der Waals surface area contributed by atoms with Crippen molar-refractivity contribution in [3.8, 4) is 22.9 Å². The predicted molar refractivity (Wildman–Crippen MR) is 71.7 cm³/mol. The number of benzene rings is 1. The summed E-state index contributed by atoms with van der Waals surface area (Å²) in [5.74, 6) is 0.172. The molecule has 0 atom stereocenters. The van der Waals surface area contributed by atoms with E-state index in [0.29, 0.717) is 5.75 Å². The first-order valence-electron chi connectivity index (χ1n) is 5.97. The molecule has 0 saturated heterocycles. The molecule has 0 aliphatic heterocycles. The van der Waals surface area contributed by atoms with Gasteiger partial charge in [0.15, 0.2) is 0 Å². The fourth-order valence-corrected chi connectivity index (χ4v) is 1.66. The molecule has 0 spiro atoms. The third kappa shape index (κ3) is 2.77. The Morgan fingerprint density at radius 2 is 1.60 bits per heavy atom. The third-order valence-electron chi connectivity index (χ3n) is 2.65. The molecule has 0 amide bonds. The van der Waals surface area contributed by atoms with Crippen molar-refractivity contribution in [3.05, 3.63) is 67.0 Å². The van der Waals surface area contributed by atoms with Crippen molar-refractivity contribution in [1.82, 2.24) is 15.0 Å². The zero-order valence-electron chi connectivity index (χ0n) is 10.4. The molecule has 20 heavy (non-hydrogen) atoms. The fraction of sp³-hybridized carbons (Fsp3) is 0. The van der Waals surface area contributed by atoms with Crippen LogP contribution in [0.3, 0.4) is 0 Å². The Morgan fingerprint density at radius 1 is 0.850 bits per heavy atom. The first-order valence-corrected chi connectivity index (χ1v) is 5.97. The van der Waals surface area contributed by atoms with Crippen LogP contribution in [0.15, 0.2) is 61.2 Å². The van der Waals surface area contributed by atoms with E-state index in [2.05, 4.69) is 15.0 Å². The van der Waals surface area contributed by atoms with E-state index in [4.69, 9.17) is 4.74 Å². The van der Waals surface area contributed by atoms with Gasteiger partial charge in [-0.05, 0) is 30.3 Å². The van der Waals surface area contributed by atoms with Gasteiger partial charge in [0, 0.05) is 35.9 Å². The molecule has 0 radical (unpaired) electrons. The van der Waals surface area contributed by atoms with Gasteiger partial charge in [-0.1, -0.05) is 6.07 Å². The number of pyridine rings is 1. The molecule has 4 nitrogen and oxygen atoms in total. The van der Waals surface area contributed by atoms with Gasteiger partial charge < -0.3 is 4.74 Å². The van der Waals surface area contributed by atoms with E-state index in [0.717, 1.165) is 11.1 Å².